The van der Waals surface area contributed by atoms with Crippen LogP contribution in [0.15, 0.2) is 53.5 Å². The van der Waals surface area contributed by atoms with Crippen LogP contribution in [0, 0.1) is 0 Å². The van der Waals surface area contributed by atoms with Gasteiger partial charge in [0.25, 0.3) is 5.56 Å². The zero-order valence-electron chi connectivity index (χ0n) is 15.6. The van der Waals surface area contributed by atoms with Crippen molar-refractivity contribution >= 4 is 29.1 Å². The van der Waals surface area contributed by atoms with Crippen molar-refractivity contribution in [3.8, 4) is 11.1 Å². The molecule has 1 saturated heterocycles. The van der Waals surface area contributed by atoms with Gasteiger partial charge in [0.2, 0.25) is 0 Å². The smallest absolute Gasteiger partial charge is 0.251 e. The molecule has 0 spiro atoms. The van der Waals surface area contributed by atoms with E-state index in [1.807, 2.05) is 28.8 Å². The van der Waals surface area contributed by atoms with Crippen LogP contribution in [0.2, 0.25) is 0 Å². The van der Waals surface area contributed by atoms with Crippen LogP contribution in [0.5, 0.6) is 0 Å². The molecule has 0 amide bonds. The van der Waals surface area contributed by atoms with Crippen molar-refractivity contribution in [2.45, 2.75) is 31.7 Å². The molecule has 4 heterocycles. The Hall–Kier alpha value is -2.70. The molecule has 5 rings (SSSR count). The van der Waals surface area contributed by atoms with Gasteiger partial charge in [-0.25, -0.2) is 9.50 Å². The number of nitrogens with zero attached hydrogens (tertiary/aromatic N) is 3. The molecular weight excluding hydrogens is 374 g/mol. The van der Waals surface area contributed by atoms with Crippen molar-refractivity contribution in [3.63, 3.8) is 0 Å². The topological polar surface area (TPSA) is 75.1 Å². The lowest BCUT2D eigenvalue weighted by molar-refractivity contribution is 0.372. The average Bonchev–Trinajstić information content (AvgIpc) is 3.06. The Bertz CT molecular complexity index is 1180. The van der Waals surface area contributed by atoms with Gasteiger partial charge in [-0.3, -0.25) is 4.79 Å². The van der Waals surface area contributed by atoms with Crippen molar-refractivity contribution in [1.29, 1.82) is 0 Å². The number of piperidine rings is 1. The highest BCUT2D eigenvalue weighted by Gasteiger charge is 2.24. The maximum atomic E-state index is 12.5. The summed E-state index contributed by atoms with van der Waals surface area (Å²) in [5, 5.41) is 9.12. The summed E-state index contributed by atoms with van der Waals surface area (Å²) in [6, 6.07) is 14.3. The van der Waals surface area contributed by atoms with Crippen LogP contribution in [0.1, 0.15) is 31.4 Å². The molecule has 7 heteroatoms. The molecule has 0 saturated carbocycles. The molecule has 28 heavy (non-hydrogen) atoms. The quantitative estimate of drug-likeness (QED) is 0.544. The third kappa shape index (κ3) is 3.08. The second kappa shape index (κ2) is 7.37. The van der Waals surface area contributed by atoms with Crippen LogP contribution in [-0.2, 0) is 0 Å². The van der Waals surface area contributed by atoms with Gasteiger partial charge in [-0.1, -0.05) is 30.3 Å². The molecule has 1 aliphatic rings. The molecule has 4 aromatic rings. The summed E-state index contributed by atoms with van der Waals surface area (Å²) in [6.45, 7) is 3.14. The average molecular weight is 396 g/mol. The van der Waals surface area contributed by atoms with Gasteiger partial charge in [0.15, 0.2) is 5.65 Å². The van der Waals surface area contributed by atoms with E-state index in [-0.39, 0.29) is 18.0 Å². The largest absolute Gasteiger partial charge is 0.314 e. The Kier molecular flexibility index (Phi) is 4.91. The van der Waals surface area contributed by atoms with E-state index in [0.717, 1.165) is 47.2 Å². The molecule has 1 aliphatic heterocycles. The van der Waals surface area contributed by atoms with Crippen molar-refractivity contribution in [2.24, 2.45) is 0 Å². The predicted octanol–water partition coefficient (Wildman–Crippen LogP) is 3.52. The first-order valence-corrected chi connectivity index (χ1v) is 9.40. The molecule has 2 N–H and O–H groups in total. The maximum absolute atomic E-state index is 12.5. The van der Waals surface area contributed by atoms with Crippen LogP contribution < -0.4 is 10.9 Å². The van der Waals surface area contributed by atoms with E-state index in [4.69, 9.17) is 5.10 Å². The highest BCUT2D eigenvalue weighted by Crippen LogP contribution is 2.32. The molecule has 2 atom stereocenters. The molecule has 6 nitrogen and oxygen atoms in total. The van der Waals surface area contributed by atoms with Gasteiger partial charge in [-0.2, -0.15) is 0 Å². The Balaban J connectivity index is 0.00000192. The molecule has 0 bridgehead atoms. The van der Waals surface area contributed by atoms with Crippen LogP contribution in [-0.4, -0.2) is 32.2 Å². The summed E-state index contributed by atoms with van der Waals surface area (Å²) < 4.78 is 1.90. The van der Waals surface area contributed by atoms with E-state index in [1.165, 1.54) is 0 Å². The summed E-state index contributed by atoms with van der Waals surface area (Å²) in [5.41, 5.74) is 4.38. The molecule has 0 unspecified atom stereocenters. The van der Waals surface area contributed by atoms with Crippen molar-refractivity contribution in [1.82, 2.24) is 24.9 Å². The number of hydrogen-bond donors (Lipinski definition) is 2. The molecule has 3 aromatic heterocycles. The van der Waals surface area contributed by atoms with Crippen molar-refractivity contribution in [2.75, 3.05) is 6.54 Å². The van der Waals surface area contributed by atoms with E-state index >= 15 is 0 Å². The zero-order chi connectivity index (χ0) is 18.4. The van der Waals surface area contributed by atoms with Crippen molar-refractivity contribution in [3.05, 3.63) is 64.7 Å². The SMILES string of the molecule is C[C@@H]1C[C@@H](c2cc(=O)[nH]c3c4c(-c5ccccc5)ccnc4nn23)CCN1.Cl. The van der Waals surface area contributed by atoms with Crippen LogP contribution >= 0.6 is 12.4 Å². The minimum absolute atomic E-state index is 0. The highest BCUT2D eigenvalue weighted by molar-refractivity contribution is 6.02. The summed E-state index contributed by atoms with van der Waals surface area (Å²) in [7, 11) is 0. The fourth-order valence-electron chi connectivity index (χ4n) is 4.21. The normalized spacial score (nSPS) is 19.6. The summed E-state index contributed by atoms with van der Waals surface area (Å²) >= 11 is 0. The van der Waals surface area contributed by atoms with E-state index in [9.17, 15) is 4.79 Å². The minimum atomic E-state index is -0.0895. The zero-order valence-corrected chi connectivity index (χ0v) is 16.4. The van der Waals surface area contributed by atoms with Crippen molar-refractivity contribution < 1.29 is 0 Å². The van der Waals surface area contributed by atoms with Gasteiger partial charge in [0, 0.05) is 24.2 Å². The van der Waals surface area contributed by atoms with Gasteiger partial charge in [0.05, 0.1) is 11.1 Å². The molecule has 0 aliphatic carbocycles. The predicted molar refractivity (Wildman–Crippen MR) is 113 cm³/mol. The number of rotatable bonds is 2. The number of hydrogen-bond acceptors (Lipinski definition) is 4. The van der Waals surface area contributed by atoms with E-state index in [1.54, 1.807) is 12.3 Å². The van der Waals surface area contributed by atoms with Crippen LogP contribution in [0.25, 0.3) is 27.8 Å². The maximum Gasteiger partial charge on any atom is 0.251 e. The number of pyridine rings is 1. The molecule has 1 aromatic carbocycles. The fraction of sp³-hybridized carbons (Fsp3) is 0.286. The third-order valence-corrected chi connectivity index (χ3v) is 5.47. The van der Waals surface area contributed by atoms with Crippen LogP contribution in [0.3, 0.4) is 0 Å². The number of aromatic nitrogens is 4. The lowest BCUT2D eigenvalue weighted by Gasteiger charge is -2.28. The number of halogens is 1. The minimum Gasteiger partial charge on any atom is -0.314 e. The fourth-order valence-corrected chi connectivity index (χ4v) is 4.21. The standard InChI is InChI=1S/C21H21N5O.ClH/c1-13-11-15(7-9-22-13)17-12-18(27)24-21-19-16(14-5-3-2-4-6-14)8-10-23-20(19)25-26(17)21;/h2-6,8,10,12-13,15,22H,7,9,11H2,1H3,(H,24,27);1H/t13-,15+;/m1./s1. The Morgan fingerprint density at radius 2 is 2.00 bits per heavy atom. The van der Waals surface area contributed by atoms with Gasteiger partial charge >= 0.3 is 0 Å². The molecule has 0 radical (unpaired) electrons. The van der Waals surface area contributed by atoms with Crippen LogP contribution in [0.4, 0.5) is 0 Å². The van der Waals surface area contributed by atoms with Gasteiger partial charge in [-0.15, -0.1) is 17.5 Å². The first-order valence-electron chi connectivity index (χ1n) is 9.40. The highest BCUT2D eigenvalue weighted by atomic mass is 35.5. The van der Waals surface area contributed by atoms with Gasteiger partial charge in [0.1, 0.15) is 5.65 Å². The number of nitrogens with one attached hydrogen (secondary N) is 2. The summed E-state index contributed by atoms with van der Waals surface area (Å²) in [6.07, 6.45) is 3.77. The molecular formula is C21H22ClN5O. The van der Waals surface area contributed by atoms with E-state index in [0.29, 0.717) is 17.6 Å². The van der Waals surface area contributed by atoms with E-state index in [2.05, 4.69) is 34.3 Å². The Morgan fingerprint density at radius 1 is 1.18 bits per heavy atom. The summed E-state index contributed by atoms with van der Waals surface area (Å²) in [5.74, 6) is 0.306. The molecule has 144 valence electrons. The Labute approximate surface area is 168 Å². The second-order valence-electron chi connectivity index (χ2n) is 7.32. The van der Waals surface area contributed by atoms with Gasteiger partial charge in [-0.05, 0) is 43.5 Å². The number of aromatic amines is 1. The van der Waals surface area contributed by atoms with E-state index < -0.39 is 0 Å². The summed E-state index contributed by atoms with van der Waals surface area (Å²) in [4.78, 5) is 20.0. The third-order valence-electron chi connectivity index (χ3n) is 5.47. The Morgan fingerprint density at radius 3 is 2.79 bits per heavy atom. The lowest BCUT2D eigenvalue weighted by Crippen LogP contribution is -2.35. The van der Waals surface area contributed by atoms with Gasteiger partial charge < -0.3 is 10.3 Å². The number of fused-ring (bicyclic) bond motifs is 3. The number of benzene rings is 1. The monoisotopic (exact) mass is 395 g/mol. The first-order chi connectivity index (χ1) is 13.2. The first kappa shape index (κ1) is 18.7. The second-order valence-corrected chi connectivity index (χ2v) is 7.32. The lowest BCUT2D eigenvalue weighted by atomic mass is 9.90. The number of H-pyrrole nitrogens is 1. The molecule has 1 fully saturated rings.